The first-order valence-electron chi connectivity index (χ1n) is 5.88. The molecule has 0 heterocycles. The van der Waals surface area contributed by atoms with Crippen molar-refractivity contribution in [3.8, 4) is 0 Å². The van der Waals surface area contributed by atoms with E-state index in [4.69, 9.17) is 0 Å². The predicted molar refractivity (Wildman–Crippen MR) is 116 cm³/mol. The third kappa shape index (κ3) is 5900. The second-order valence-corrected chi connectivity index (χ2v) is 10.3. The van der Waals surface area contributed by atoms with Crippen LogP contribution in [0.25, 0.3) is 0 Å². The first kappa shape index (κ1) is 63.3. The summed E-state index contributed by atoms with van der Waals surface area (Å²) in [7, 11) is 0. The zero-order valence-electron chi connectivity index (χ0n) is 19.4. The average molecular weight is 728 g/mol. The van der Waals surface area contributed by atoms with E-state index in [-0.39, 0.29) is 54.6 Å². The van der Waals surface area contributed by atoms with Crippen LogP contribution in [0.3, 0.4) is 0 Å². The van der Waals surface area contributed by atoms with Gasteiger partial charge >= 0.3 is 0 Å². The Bertz CT molecular complexity index is 165. The third-order valence-electron chi connectivity index (χ3n) is 0. The molecule has 0 aromatic rings. The van der Waals surface area contributed by atoms with Gasteiger partial charge in [-0.3, -0.25) is 0 Å². The molecule has 25 heavy (non-hydrogen) atoms. The molecule has 0 rings (SSSR count). The molecule has 0 aromatic carbocycles. The maximum atomic E-state index is 9.44. The molecule has 0 aliphatic rings. The van der Waals surface area contributed by atoms with Crippen molar-refractivity contribution < 1.29 is 79.4 Å². The quantitative estimate of drug-likeness (QED) is 0.144. The lowest BCUT2D eigenvalue weighted by atomic mass is 10.6. The van der Waals surface area contributed by atoms with Crippen molar-refractivity contribution in [1.29, 1.82) is 0 Å². The molecular weight excluding hydrogens is 677 g/mol. The fourth-order valence-electron chi connectivity index (χ4n) is 0. The summed E-state index contributed by atoms with van der Waals surface area (Å²) in [5.41, 5.74) is 0. The number of rotatable bonds is 0. The van der Waals surface area contributed by atoms with E-state index in [0.29, 0.717) is 63.6 Å². The van der Waals surface area contributed by atoms with E-state index in [2.05, 4.69) is 29.6 Å². The number of hydrogen-bond donors (Lipinski definition) is 0. The van der Waals surface area contributed by atoms with Crippen LogP contribution in [0.1, 0.15) is 43.0 Å². The highest BCUT2D eigenvalue weighted by Gasteiger charge is 1.63. The lowest BCUT2D eigenvalue weighted by Crippen LogP contribution is -3.59. The van der Waals surface area contributed by atoms with Gasteiger partial charge in [-0.05, 0) is 41.5 Å². The van der Waals surface area contributed by atoms with Crippen LogP contribution >= 0.6 is 13.5 Å². The summed E-state index contributed by atoms with van der Waals surface area (Å²) < 4.78 is 0. The predicted octanol–water partition coefficient (Wildman–Crippen LogP) is -4.50. The smallest absolute Gasteiger partial charge is 0.261 e. The van der Waals surface area contributed by atoms with Crippen LogP contribution in [-0.2, 0) is 14.4 Å². The standard InChI is InChI=1S/3C3H6O.3C2H6I.3CH3.H2S.H2/c3*1-3(2)4;3*1-3-2;;;;;/h3*1-2H3;3*1-2H3;3*1H3;1H2;1H/q;;;3*+1;3*-1;;/i;;;;;;;;;;1+2. The summed E-state index contributed by atoms with van der Waals surface area (Å²) in [4.78, 5) is 41.7. The molecule has 166 valence electrons. The van der Waals surface area contributed by atoms with Crippen LogP contribution in [0.15, 0.2) is 0 Å². The molecule has 0 bridgehead atoms. The summed E-state index contributed by atoms with van der Waals surface area (Å²) in [5.74, 6) is 0.500. The Hall–Kier alpha value is 1.55. The zero-order chi connectivity index (χ0) is 18.9. The fourth-order valence-corrected chi connectivity index (χ4v) is 0. The summed E-state index contributed by atoms with van der Waals surface area (Å²) in [6.07, 6.45) is 0. The van der Waals surface area contributed by atoms with Crippen molar-refractivity contribution in [2.24, 2.45) is 0 Å². The number of carbonyl (C=O) groups excluding carboxylic acids is 3. The van der Waals surface area contributed by atoms with Gasteiger partial charge in [-0.1, -0.05) is 0 Å². The normalized spacial score (nSPS) is 5.28. The van der Waals surface area contributed by atoms with Crippen LogP contribution in [-0.4, -0.2) is 46.9 Å². The molecule has 0 aromatic heterocycles. The van der Waals surface area contributed by atoms with E-state index in [1.54, 1.807) is 0 Å². The highest BCUT2D eigenvalue weighted by Crippen LogP contribution is 1.51. The minimum atomic E-state index is 0. The van der Waals surface area contributed by atoms with Crippen molar-refractivity contribution in [3.05, 3.63) is 22.3 Å². The second kappa shape index (κ2) is 83.9. The van der Waals surface area contributed by atoms with Gasteiger partial charge in [0, 0.05) is 1.43 Å². The molecule has 0 N–H and O–H groups in total. The van der Waals surface area contributed by atoms with Crippen molar-refractivity contribution in [2.75, 3.05) is 29.6 Å². The zero-order valence-corrected chi connectivity index (χ0v) is 26.8. The molecule has 0 unspecified atom stereocenters. The molecule has 0 atom stereocenters. The number of halogens is 3. The van der Waals surface area contributed by atoms with Gasteiger partial charge in [0.25, 0.3) is 63.6 Å². The monoisotopic (exact) mass is 728 g/mol. The summed E-state index contributed by atoms with van der Waals surface area (Å²) in [6.45, 7) is 9.17. The lowest BCUT2D eigenvalue weighted by Gasteiger charge is -1.56. The number of Topliss-reactive ketones (excluding diaryl/α,β-unsaturated/α-hetero) is 3. The van der Waals surface area contributed by atoms with Gasteiger partial charge in [0.2, 0.25) is 0 Å². The maximum absolute atomic E-state index is 9.44. The Morgan fingerprint density at radius 2 is 0.480 bits per heavy atom. The summed E-state index contributed by atoms with van der Waals surface area (Å²) in [5, 5.41) is 0. The Morgan fingerprint density at radius 3 is 0.480 bits per heavy atom. The Labute approximate surface area is 201 Å². The van der Waals surface area contributed by atoms with Crippen LogP contribution in [0.2, 0.25) is 0 Å². The summed E-state index contributed by atoms with van der Waals surface area (Å²) >= 11 is 1.77. The van der Waals surface area contributed by atoms with E-state index >= 15 is 0 Å². The minimum absolute atomic E-state index is 0. The molecule has 7 heteroatoms. The highest BCUT2D eigenvalue weighted by molar-refractivity contribution is 7.59. The van der Waals surface area contributed by atoms with Gasteiger partial charge in [-0.25, -0.2) is 0 Å². The Morgan fingerprint density at radius 1 is 0.480 bits per heavy atom. The highest BCUT2D eigenvalue weighted by atomic mass is 127. The van der Waals surface area contributed by atoms with Crippen LogP contribution in [0.5, 0.6) is 0 Å². The largest absolute Gasteiger partial charge is 0.358 e. The number of ketones is 3. The SMILES string of the molecule is CC(C)=O.CC(C)=O.CC(C)=O.C[I+]C.C[I+]C.C[I+]C.S.[3HH].[CH3-].[CH3-].[CH3-]. The maximum Gasteiger partial charge on any atom is 0.261 e. The van der Waals surface area contributed by atoms with Gasteiger partial charge in [0.15, 0.2) is 0 Å². The number of carbonyl (C=O) groups is 3. The molecule has 0 aliphatic heterocycles. The van der Waals surface area contributed by atoms with E-state index < -0.39 is 0 Å². The lowest BCUT2D eigenvalue weighted by molar-refractivity contribution is -0.597. The number of hydrogen-bond acceptors (Lipinski definition) is 3. The molecule has 0 amide bonds. The Kier molecular flexibility index (Phi) is 212. The average Bonchev–Trinajstić information content (AvgIpc) is 2.16. The van der Waals surface area contributed by atoms with Gasteiger partial charge in [0.1, 0.15) is 46.9 Å². The van der Waals surface area contributed by atoms with Gasteiger partial charge in [0.05, 0.1) is 0 Å². The van der Waals surface area contributed by atoms with Crippen molar-refractivity contribution in [2.45, 2.75) is 41.5 Å². The van der Waals surface area contributed by atoms with E-state index in [1.165, 1.54) is 41.5 Å². The molecule has 0 saturated heterocycles. The van der Waals surface area contributed by atoms with E-state index in [1.807, 2.05) is 0 Å². The summed E-state index contributed by atoms with van der Waals surface area (Å²) in [6, 6.07) is 0. The number of alkyl halides is 6. The van der Waals surface area contributed by atoms with Crippen LogP contribution < -0.4 is 63.6 Å². The first-order valence-corrected chi connectivity index (χ1v) is 18.8. The van der Waals surface area contributed by atoms with Crippen molar-refractivity contribution in [1.82, 2.24) is 0 Å². The van der Waals surface area contributed by atoms with Crippen molar-refractivity contribution >= 4 is 30.8 Å². The van der Waals surface area contributed by atoms with Gasteiger partial charge in [-0.15, -0.1) is 0 Å². The molecule has 0 aliphatic carbocycles. The Balaban J connectivity index is -0.0000000112. The first-order chi connectivity index (χ1) is 9.44. The minimum Gasteiger partial charge on any atom is -0.358 e. The van der Waals surface area contributed by atoms with Crippen molar-refractivity contribution in [3.63, 3.8) is 0 Å². The molecule has 0 radical (unpaired) electrons. The van der Waals surface area contributed by atoms with E-state index in [9.17, 15) is 14.4 Å². The molecule has 0 spiro atoms. The molecular formula is C18H49I3O3S. The van der Waals surface area contributed by atoms with Crippen LogP contribution in [0, 0.1) is 22.3 Å². The fraction of sp³-hybridized carbons (Fsp3) is 0.667. The van der Waals surface area contributed by atoms with Crippen LogP contribution in [0.4, 0.5) is 0 Å². The van der Waals surface area contributed by atoms with Gasteiger partial charge in [-0.2, -0.15) is 13.5 Å². The van der Waals surface area contributed by atoms with Gasteiger partial charge < -0.3 is 36.7 Å². The molecule has 3 nitrogen and oxygen atoms in total. The molecule has 0 fully saturated rings. The third-order valence-corrected chi connectivity index (χ3v) is 0. The second-order valence-electron chi connectivity index (χ2n) is 3.86. The topological polar surface area (TPSA) is 51.2 Å². The molecule has 0 saturated carbocycles. The van der Waals surface area contributed by atoms with E-state index in [0.717, 1.165) is 0 Å².